The van der Waals surface area contributed by atoms with Crippen LogP contribution in [0.3, 0.4) is 0 Å². The van der Waals surface area contributed by atoms with Crippen LogP contribution in [0.15, 0.2) is 23.2 Å². The smallest absolute Gasteiger partial charge is 0.193 e. The maximum atomic E-state index is 9.30. The summed E-state index contributed by atoms with van der Waals surface area (Å²) in [5.74, 6) is 1.76. The molecule has 1 fully saturated rings. The predicted molar refractivity (Wildman–Crippen MR) is 87.6 cm³/mol. The van der Waals surface area contributed by atoms with Gasteiger partial charge in [-0.1, -0.05) is 0 Å². The van der Waals surface area contributed by atoms with Gasteiger partial charge in [0.05, 0.1) is 32.1 Å². The molecule has 0 radical (unpaired) electrons. The van der Waals surface area contributed by atoms with Crippen LogP contribution in [0, 0.1) is 5.41 Å². The first-order valence-electron chi connectivity index (χ1n) is 7.70. The van der Waals surface area contributed by atoms with E-state index in [1.165, 1.54) is 0 Å². The molecule has 0 atom stereocenters. The molecule has 1 aromatic rings. The Kier molecular flexibility index (Phi) is 5.49. The van der Waals surface area contributed by atoms with Crippen LogP contribution < -0.4 is 20.5 Å². The van der Waals surface area contributed by atoms with Crippen LogP contribution in [0.2, 0.25) is 0 Å². The number of nitrogens with one attached hydrogen (secondary N) is 1. The summed E-state index contributed by atoms with van der Waals surface area (Å²) < 4.78 is 11.1. The van der Waals surface area contributed by atoms with E-state index in [9.17, 15) is 5.11 Å². The second-order valence-electron chi connectivity index (χ2n) is 5.51. The number of aliphatic hydroxyl groups excluding tert-OH is 1. The minimum absolute atomic E-state index is 0.0534. The van der Waals surface area contributed by atoms with Crippen molar-refractivity contribution in [3.05, 3.63) is 18.2 Å². The average molecular weight is 307 g/mol. The van der Waals surface area contributed by atoms with Crippen LogP contribution in [0.5, 0.6) is 11.5 Å². The molecular weight excluding hydrogens is 282 g/mol. The SMILES string of the molecule is CCOc1ccc(OCC)c(NC(N)=NCC2(CO)CC2)c1. The third-order valence-electron chi connectivity index (χ3n) is 3.70. The van der Waals surface area contributed by atoms with Gasteiger partial charge >= 0.3 is 0 Å². The third kappa shape index (κ3) is 4.27. The van der Waals surface area contributed by atoms with Gasteiger partial charge in [-0.25, -0.2) is 0 Å². The number of hydrogen-bond donors (Lipinski definition) is 3. The van der Waals surface area contributed by atoms with Crippen LogP contribution in [-0.2, 0) is 0 Å². The lowest BCUT2D eigenvalue weighted by Crippen LogP contribution is -2.25. The van der Waals surface area contributed by atoms with Gasteiger partial charge in [0.1, 0.15) is 11.5 Å². The largest absolute Gasteiger partial charge is 0.494 e. The van der Waals surface area contributed by atoms with E-state index in [4.69, 9.17) is 15.2 Å². The number of rotatable bonds is 8. The minimum Gasteiger partial charge on any atom is -0.494 e. The van der Waals surface area contributed by atoms with Gasteiger partial charge in [-0.15, -0.1) is 0 Å². The average Bonchev–Trinajstić information content (AvgIpc) is 3.29. The zero-order valence-electron chi connectivity index (χ0n) is 13.3. The van der Waals surface area contributed by atoms with Gasteiger partial charge in [0.15, 0.2) is 5.96 Å². The second-order valence-corrected chi connectivity index (χ2v) is 5.51. The molecule has 0 saturated heterocycles. The molecule has 0 heterocycles. The number of anilines is 1. The molecule has 1 aliphatic carbocycles. The number of benzene rings is 1. The maximum Gasteiger partial charge on any atom is 0.193 e. The van der Waals surface area contributed by atoms with Crippen molar-refractivity contribution in [3.63, 3.8) is 0 Å². The van der Waals surface area contributed by atoms with E-state index >= 15 is 0 Å². The van der Waals surface area contributed by atoms with Gasteiger partial charge in [-0.3, -0.25) is 4.99 Å². The highest BCUT2D eigenvalue weighted by Gasteiger charge is 2.41. The molecule has 4 N–H and O–H groups in total. The lowest BCUT2D eigenvalue weighted by atomic mass is 10.1. The molecule has 0 unspecified atom stereocenters. The fraction of sp³-hybridized carbons (Fsp3) is 0.562. The summed E-state index contributed by atoms with van der Waals surface area (Å²) in [6.45, 7) is 5.72. The van der Waals surface area contributed by atoms with Crippen LogP contribution >= 0.6 is 0 Å². The zero-order chi connectivity index (χ0) is 16.0. The number of nitrogens with zero attached hydrogens (tertiary/aromatic N) is 1. The molecular formula is C16H25N3O3. The van der Waals surface area contributed by atoms with Crippen molar-refractivity contribution in [1.29, 1.82) is 0 Å². The van der Waals surface area contributed by atoms with E-state index < -0.39 is 0 Å². The zero-order valence-corrected chi connectivity index (χ0v) is 13.3. The van der Waals surface area contributed by atoms with Gasteiger partial charge < -0.3 is 25.6 Å². The number of aliphatic imine (C=N–C) groups is 1. The van der Waals surface area contributed by atoms with Gasteiger partial charge in [0.2, 0.25) is 0 Å². The van der Waals surface area contributed by atoms with Crippen molar-refractivity contribution in [2.24, 2.45) is 16.1 Å². The van der Waals surface area contributed by atoms with Gasteiger partial charge in [0.25, 0.3) is 0 Å². The molecule has 122 valence electrons. The van der Waals surface area contributed by atoms with Crippen LogP contribution in [0.1, 0.15) is 26.7 Å². The Morgan fingerprint density at radius 2 is 2.05 bits per heavy atom. The first kappa shape index (κ1) is 16.4. The quantitative estimate of drug-likeness (QED) is 0.505. The normalized spacial score (nSPS) is 16.2. The predicted octanol–water partition coefficient (Wildman–Crippen LogP) is 1.98. The van der Waals surface area contributed by atoms with Gasteiger partial charge in [0, 0.05) is 11.5 Å². The molecule has 2 rings (SSSR count). The standard InChI is InChI=1S/C16H25N3O3/c1-3-21-12-5-6-14(22-4-2)13(9-12)19-15(17)18-10-16(11-20)7-8-16/h5-6,9,20H,3-4,7-8,10-11H2,1-2H3,(H3,17,18,19). The molecule has 0 bridgehead atoms. The Balaban J connectivity index is 2.08. The molecule has 0 spiro atoms. The summed E-state index contributed by atoms with van der Waals surface area (Å²) in [5.41, 5.74) is 6.62. The van der Waals surface area contributed by atoms with E-state index in [0.29, 0.717) is 31.5 Å². The van der Waals surface area contributed by atoms with Crippen LogP contribution in [-0.4, -0.2) is 37.4 Å². The van der Waals surface area contributed by atoms with Crippen molar-refractivity contribution in [1.82, 2.24) is 0 Å². The second kappa shape index (κ2) is 7.35. The minimum atomic E-state index is -0.0534. The molecule has 0 aromatic heterocycles. The van der Waals surface area contributed by atoms with E-state index in [0.717, 1.165) is 24.3 Å². The third-order valence-corrected chi connectivity index (χ3v) is 3.70. The Morgan fingerprint density at radius 1 is 1.32 bits per heavy atom. The maximum absolute atomic E-state index is 9.30. The number of nitrogens with two attached hydrogens (primary N) is 1. The summed E-state index contributed by atoms with van der Waals surface area (Å²) in [6, 6.07) is 5.55. The first-order valence-corrected chi connectivity index (χ1v) is 7.70. The monoisotopic (exact) mass is 307 g/mol. The van der Waals surface area contributed by atoms with Gasteiger partial charge in [-0.05, 0) is 38.8 Å². The molecule has 0 amide bonds. The number of hydrogen-bond acceptors (Lipinski definition) is 4. The summed E-state index contributed by atoms with van der Waals surface area (Å²) in [7, 11) is 0. The van der Waals surface area contributed by atoms with Crippen molar-refractivity contribution in [3.8, 4) is 11.5 Å². The number of guanidine groups is 1. The Labute approximate surface area is 131 Å². The van der Waals surface area contributed by atoms with Crippen molar-refractivity contribution < 1.29 is 14.6 Å². The molecule has 22 heavy (non-hydrogen) atoms. The molecule has 0 aliphatic heterocycles. The molecule has 1 aliphatic rings. The number of aliphatic hydroxyl groups is 1. The first-order chi connectivity index (χ1) is 10.6. The van der Waals surface area contributed by atoms with E-state index in [2.05, 4.69) is 10.3 Å². The molecule has 6 nitrogen and oxygen atoms in total. The van der Waals surface area contributed by atoms with Crippen LogP contribution in [0.4, 0.5) is 5.69 Å². The molecule has 1 saturated carbocycles. The summed E-state index contributed by atoms with van der Waals surface area (Å²) in [4.78, 5) is 4.33. The highest BCUT2D eigenvalue weighted by molar-refractivity contribution is 5.94. The van der Waals surface area contributed by atoms with Gasteiger partial charge in [-0.2, -0.15) is 0 Å². The number of ether oxygens (including phenoxy) is 2. The van der Waals surface area contributed by atoms with Crippen molar-refractivity contribution in [2.45, 2.75) is 26.7 Å². The summed E-state index contributed by atoms with van der Waals surface area (Å²) in [5, 5.41) is 12.4. The Hall–Kier alpha value is -1.95. The van der Waals surface area contributed by atoms with E-state index in [1.54, 1.807) is 0 Å². The molecule has 1 aromatic carbocycles. The highest BCUT2D eigenvalue weighted by Crippen LogP contribution is 2.45. The highest BCUT2D eigenvalue weighted by atomic mass is 16.5. The lowest BCUT2D eigenvalue weighted by Gasteiger charge is -2.14. The Bertz CT molecular complexity index is 527. The fourth-order valence-corrected chi connectivity index (χ4v) is 2.12. The van der Waals surface area contributed by atoms with E-state index in [-0.39, 0.29) is 12.0 Å². The fourth-order valence-electron chi connectivity index (χ4n) is 2.12. The lowest BCUT2D eigenvalue weighted by molar-refractivity contribution is 0.217. The Morgan fingerprint density at radius 3 is 2.64 bits per heavy atom. The van der Waals surface area contributed by atoms with Crippen molar-refractivity contribution >= 4 is 11.6 Å². The summed E-state index contributed by atoms with van der Waals surface area (Å²) in [6.07, 6.45) is 2.01. The van der Waals surface area contributed by atoms with Crippen LogP contribution in [0.25, 0.3) is 0 Å². The van der Waals surface area contributed by atoms with E-state index in [1.807, 2.05) is 32.0 Å². The van der Waals surface area contributed by atoms with Crippen molar-refractivity contribution in [2.75, 3.05) is 31.7 Å². The topological polar surface area (TPSA) is 89.1 Å². The summed E-state index contributed by atoms with van der Waals surface area (Å²) >= 11 is 0. The molecule has 6 heteroatoms.